The van der Waals surface area contributed by atoms with E-state index in [4.69, 9.17) is 9.47 Å². The van der Waals surface area contributed by atoms with Gasteiger partial charge in [0.1, 0.15) is 18.4 Å². The number of rotatable bonds is 10. The van der Waals surface area contributed by atoms with E-state index in [1.54, 1.807) is 19.2 Å². The molecule has 0 aliphatic carbocycles. The molecule has 0 bridgehead atoms. The number of urea groups is 1. The molecule has 0 fully saturated rings. The smallest absolute Gasteiger partial charge is 0.319 e. The van der Waals surface area contributed by atoms with Gasteiger partial charge < -0.3 is 25.4 Å². The van der Waals surface area contributed by atoms with Gasteiger partial charge >= 0.3 is 6.03 Å². The Bertz CT molecular complexity index is 763. The van der Waals surface area contributed by atoms with Gasteiger partial charge in [-0.05, 0) is 35.7 Å². The summed E-state index contributed by atoms with van der Waals surface area (Å²) in [4.78, 5) is 24.8. The molecule has 2 aromatic carbocycles. The second kappa shape index (κ2) is 11.7. The van der Waals surface area contributed by atoms with Gasteiger partial charge in [0, 0.05) is 19.3 Å². The Hall–Kier alpha value is -3.06. The molecule has 29 heavy (non-hydrogen) atoms. The fourth-order valence-corrected chi connectivity index (χ4v) is 2.61. The van der Waals surface area contributed by atoms with Gasteiger partial charge in [0.25, 0.3) is 0 Å². The molecule has 7 nitrogen and oxygen atoms in total. The maximum atomic E-state index is 12.6. The Balaban J connectivity index is 1.85. The van der Waals surface area contributed by atoms with Gasteiger partial charge in [-0.2, -0.15) is 0 Å². The molecule has 7 heteroatoms. The first-order valence-corrected chi connectivity index (χ1v) is 9.60. The number of amides is 3. The molecule has 0 aliphatic rings. The predicted octanol–water partition coefficient (Wildman–Crippen LogP) is 3.17. The molecule has 156 valence electrons. The first-order valence-electron chi connectivity index (χ1n) is 9.60. The highest BCUT2D eigenvalue weighted by atomic mass is 16.5. The molecule has 0 heterocycles. The monoisotopic (exact) mass is 399 g/mol. The van der Waals surface area contributed by atoms with E-state index in [1.807, 2.05) is 56.3 Å². The Labute approximate surface area is 171 Å². The summed E-state index contributed by atoms with van der Waals surface area (Å²) in [6, 6.07) is 15.5. The van der Waals surface area contributed by atoms with Gasteiger partial charge in [-0.1, -0.05) is 44.2 Å². The van der Waals surface area contributed by atoms with Crippen LogP contribution < -0.4 is 20.7 Å². The van der Waals surface area contributed by atoms with Gasteiger partial charge in [-0.3, -0.25) is 4.79 Å². The van der Waals surface area contributed by atoms with Gasteiger partial charge in [0.05, 0.1) is 6.61 Å². The first kappa shape index (κ1) is 22.2. The maximum Gasteiger partial charge on any atom is 0.319 e. The normalized spacial score (nSPS) is 11.6. The van der Waals surface area contributed by atoms with Crippen molar-refractivity contribution in [3.8, 4) is 5.75 Å². The maximum absolute atomic E-state index is 12.6. The number of hydrogen-bond acceptors (Lipinski definition) is 4. The van der Waals surface area contributed by atoms with Gasteiger partial charge in [0.15, 0.2) is 0 Å². The minimum absolute atomic E-state index is 0.0620. The summed E-state index contributed by atoms with van der Waals surface area (Å²) < 4.78 is 10.5. The lowest BCUT2D eigenvalue weighted by molar-refractivity contribution is -0.124. The molecule has 0 saturated heterocycles. The minimum Gasteiger partial charge on any atom is -0.491 e. The molecule has 0 spiro atoms. The number of methoxy groups -OCH3 is 1. The van der Waals surface area contributed by atoms with Crippen LogP contribution in [0.25, 0.3) is 0 Å². The molecule has 3 amide bonds. The van der Waals surface area contributed by atoms with Crippen LogP contribution in [0.1, 0.15) is 19.4 Å². The summed E-state index contributed by atoms with van der Waals surface area (Å²) in [6.07, 6.45) is 0. The van der Waals surface area contributed by atoms with Gasteiger partial charge in [-0.25, -0.2) is 4.79 Å². The third-order valence-electron chi connectivity index (χ3n) is 4.21. The largest absolute Gasteiger partial charge is 0.491 e. The van der Waals surface area contributed by atoms with Crippen molar-refractivity contribution in [2.45, 2.75) is 26.4 Å². The molecular weight excluding hydrogens is 370 g/mol. The molecule has 1 atom stereocenters. The van der Waals surface area contributed by atoms with Crippen LogP contribution >= 0.6 is 0 Å². The minimum atomic E-state index is -0.643. The van der Waals surface area contributed by atoms with Crippen molar-refractivity contribution in [2.75, 3.05) is 25.6 Å². The van der Waals surface area contributed by atoms with Crippen LogP contribution in [-0.4, -0.2) is 38.3 Å². The van der Waals surface area contributed by atoms with E-state index in [9.17, 15) is 9.59 Å². The van der Waals surface area contributed by atoms with Crippen LogP contribution in [0, 0.1) is 5.92 Å². The summed E-state index contributed by atoms with van der Waals surface area (Å²) in [7, 11) is 1.62. The van der Waals surface area contributed by atoms with Crippen LogP contribution in [0.3, 0.4) is 0 Å². The Morgan fingerprint density at radius 2 is 1.66 bits per heavy atom. The molecule has 2 rings (SSSR count). The van der Waals surface area contributed by atoms with Crippen LogP contribution in [-0.2, 0) is 16.1 Å². The zero-order valence-corrected chi connectivity index (χ0v) is 17.1. The molecule has 1 unspecified atom stereocenters. The van der Waals surface area contributed by atoms with Gasteiger partial charge in [0.2, 0.25) is 5.91 Å². The number of hydrogen-bond donors (Lipinski definition) is 3. The second-order valence-corrected chi connectivity index (χ2v) is 6.89. The molecule has 0 aliphatic heterocycles. The molecular formula is C22H29N3O4. The third kappa shape index (κ3) is 7.83. The lowest BCUT2D eigenvalue weighted by Crippen LogP contribution is -2.50. The average molecular weight is 399 g/mol. The highest BCUT2D eigenvalue weighted by Crippen LogP contribution is 2.12. The summed E-state index contributed by atoms with van der Waals surface area (Å²) in [5.74, 6) is 0.452. The fraction of sp³-hybridized carbons (Fsp3) is 0.364. The van der Waals surface area contributed by atoms with E-state index in [0.717, 1.165) is 11.3 Å². The highest BCUT2D eigenvalue weighted by molar-refractivity contribution is 5.93. The van der Waals surface area contributed by atoms with E-state index in [2.05, 4.69) is 16.0 Å². The molecule has 0 aromatic heterocycles. The number of para-hydroxylation sites is 1. The van der Waals surface area contributed by atoms with Crippen molar-refractivity contribution in [1.82, 2.24) is 10.6 Å². The van der Waals surface area contributed by atoms with Crippen LogP contribution in [0.15, 0.2) is 54.6 Å². The molecule has 3 N–H and O–H groups in total. The number of benzene rings is 2. The topological polar surface area (TPSA) is 88.7 Å². The van der Waals surface area contributed by atoms with Crippen LogP contribution in [0.5, 0.6) is 5.75 Å². The van der Waals surface area contributed by atoms with Crippen molar-refractivity contribution < 1.29 is 19.1 Å². The van der Waals surface area contributed by atoms with Gasteiger partial charge in [-0.15, -0.1) is 0 Å². The summed E-state index contributed by atoms with van der Waals surface area (Å²) in [5, 5.41) is 8.35. The quantitative estimate of drug-likeness (QED) is 0.536. The van der Waals surface area contributed by atoms with Crippen molar-refractivity contribution in [3.63, 3.8) is 0 Å². The summed E-state index contributed by atoms with van der Waals surface area (Å²) >= 11 is 0. The summed E-state index contributed by atoms with van der Waals surface area (Å²) in [5.41, 5.74) is 1.61. The molecule has 0 radical (unpaired) electrons. The average Bonchev–Trinajstić information content (AvgIpc) is 2.72. The van der Waals surface area contributed by atoms with E-state index >= 15 is 0 Å². The zero-order chi connectivity index (χ0) is 21.1. The molecule has 0 saturated carbocycles. The SMILES string of the molecule is COCCOc1ccc(CNC(=O)C(NC(=O)Nc2ccccc2)C(C)C)cc1. The number of nitrogens with one attached hydrogen (secondary N) is 3. The molecule has 2 aromatic rings. The number of ether oxygens (including phenoxy) is 2. The van der Waals surface area contributed by atoms with Crippen molar-refractivity contribution in [3.05, 3.63) is 60.2 Å². The van der Waals surface area contributed by atoms with E-state index in [0.29, 0.717) is 25.4 Å². The Morgan fingerprint density at radius 3 is 2.28 bits per heavy atom. The van der Waals surface area contributed by atoms with Crippen molar-refractivity contribution >= 4 is 17.6 Å². The van der Waals surface area contributed by atoms with E-state index < -0.39 is 12.1 Å². The van der Waals surface area contributed by atoms with E-state index in [-0.39, 0.29) is 11.8 Å². The number of carbonyl (C=O) groups excluding carboxylic acids is 2. The Morgan fingerprint density at radius 1 is 0.966 bits per heavy atom. The Kier molecular flexibility index (Phi) is 8.98. The lowest BCUT2D eigenvalue weighted by Gasteiger charge is -2.22. The van der Waals surface area contributed by atoms with Crippen molar-refractivity contribution in [1.29, 1.82) is 0 Å². The first-order chi connectivity index (χ1) is 14.0. The van der Waals surface area contributed by atoms with E-state index in [1.165, 1.54) is 0 Å². The van der Waals surface area contributed by atoms with Crippen LogP contribution in [0.4, 0.5) is 10.5 Å². The number of carbonyl (C=O) groups is 2. The lowest BCUT2D eigenvalue weighted by atomic mass is 10.0. The summed E-state index contributed by atoms with van der Waals surface area (Å²) in [6.45, 7) is 5.15. The predicted molar refractivity (Wildman–Crippen MR) is 113 cm³/mol. The highest BCUT2D eigenvalue weighted by Gasteiger charge is 2.24. The fourth-order valence-electron chi connectivity index (χ4n) is 2.61. The third-order valence-corrected chi connectivity index (χ3v) is 4.21. The zero-order valence-electron chi connectivity index (χ0n) is 17.1. The van der Waals surface area contributed by atoms with Crippen molar-refractivity contribution in [2.24, 2.45) is 5.92 Å². The number of anilines is 1. The van der Waals surface area contributed by atoms with Crippen LogP contribution in [0.2, 0.25) is 0 Å². The standard InChI is InChI=1S/C22H29N3O4/c1-16(2)20(25-22(27)24-18-7-5-4-6-8-18)21(26)23-15-17-9-11-19(12-10-17)29-14-13-28-3/h4-12,16,20H,13-15H2,1-3H3,(H,23,26)(H2,24,25,27). The second-order valence-electron chi connectivity index (χ2n) is 6.89.